The predicted molar refractivity (Wildman–Crippen MR) is 105 cm³/mol. The van der Waals surface area contributed by atoms with Crippen LogP contribution in [0.5, 0.6) is 5.75 Å². The minimum absolute atomic E-state index is 0.0249. The van der Waals surface area contributed by atoms with Gasteiger partial charge in [0.15, 0.2) is 11.4 Å². The van der Waals surface area contributed by atoms with Crippen LogP contribution in [0.4, 0.5) is 11.4 Å². The molecule has 0 saturated carbocycles. The molecule has 1 aromatic heterocycles. The first-order valence-electron chi connectivity index (χ1n) is 8.73. The first-order valence-corrected chi connectivity index (χ1v) is 8.73. The zero-order valence-corrected chi connectivity index (χ0v) is 15.7. The van der Waals surface area contributed by atoms with Crippen LogP contribution in [0.1, 0.15) is 31.3 Å². The molecular weight excluding hydrogens is 372 g/mol. The van der Waals surface area contributed by atoms with Crippen molar-refractivity contribution >= 4 is 29.1 Å². The molecule has 144 valence electrons. The number of ether oxygens (including phenoxy) is 1. The van der Waals surface area contributed by atoms with Crippen molar-refractivity contribution in [2.24, 2.45) is 0 Å². The van der Waals surface area contributed by atoms with Crippen LogP contribution >= 0.6 is 0 Å². The van der Waals surface area contributed by atoms with Gasteiger partial charge in [0.2, 0.25) is 0 Å². The van der Waals surface area contributed by atoms with Crippen LogP contribution in [0, 0.1) is 0 Å². The van der Waals surface area contributed by atoms with E-state index in [4.69, 9.17) is 4.74 Å². The molecule has 0 N–H and O–H groups in total. The van der Waals surface area contributed by atoms with Crippen LogP contribution < -0.4 is 14.5 Å². The number of hydrogen-bond donors (Lipinski definition) is 0. The molecule has 1 aliphatic heterocycles. The van der Waals surface area contributed by atoms with Crippen molar-refractivity contribution in [2.45, 2.75) is 0 Å². The van der Waals surface area contributed by atoms with Crippen LogP contribution in [0.3, 0.4) is 0 Å². The van der Waals surface area contributed by atoms with Crippen molar-refractivity contribution in [2.75, 3.05) is 24.0 Å². The average molecular weight is 388 g/mol. The molecule has 2 aromatic carbocycles. The molecule has 4 rings (SSSR count). The summed E-state index contributed by atoms with van der Waals surface area (Å²) in [4.78, 5) is 48.1. The van der Waals surface area contributed by atoms with Gasteiger partial charge in [-0.15, -0.1) is 0 Å². The summed E-state index contributed by atoms with van der Waals surface area (Å²) in [6.45, 7) is 0. The Balaban J connectivity index is 1.56. The highest BCUT2D eigenvalue weighted by Gasteiger charge is 2.39. The number of imide groups is 1. The monoisotopic (exact) mass is 388 g/mol. The number of amides is 3. The largest absolute Gasteiger partial charge is 0.497 e. The lowest BCUT2D eigenvalue weighted by molar-refractivity contribution is 0.0922. The smallest absolute Gasteiger partial charge is 0.286 e. The van der Waals surface area contributed by atoms with Gasteiger partial charge in [-0.05, 0) is 48.5 Å². The number of anilines is 2. The first kappa shape index (κ1) is 18.3. The number of carbonyl (C=O) groups excluding carboxylic acids is 3. The van der Waals surface area contributed by atoms with Crippen molar-refractivity contribution in [3.63, 3.8) is 0 Å². The van der Waals surface area contributed by atoms with E-state index in [0.29, 0.717) is 22.7 Å². The molecule has 0 saturated heterocycles. The molecule has 0 radical (unpaired) electrons. The number of nitrogens with zero attached hydrogens (tertiary/aromatic N) is 4. The third kappa shape index (κ3) is 3.10. The molecule has 0 spiro atoms. The molecule has 1 aliphatic rings. The van der Waals surface area contributed by atoms with Gasteiger partial charge >= 0.3 is 0 Å². The van der Waals surface area contributed by atoms with Crippen molar-refractivity contribution in [1.29, 1.82) is 0 Å². The number of benzene rings is 2. The maximum atomic E-state index is 12.8. The zero-order valence-electron chi connectivity index (χ0n) is 15.7. The number of carbonyl (C=O) groups is 3. The Hall–Kier alpha value is -4.07. The predicted octanol–water partition coefficient (Wildman–Crippen LogP) is 2.56. The second-order valence-corrected chi connectivity index (χ2v) is 6.31. The van der Waals surface area contributed by atoms with Crippen LogP contribution in [0.25, 0.3) is 0 Å². The minimum atomic E-state index is -0.535. The van der Waals surface area contributed by atoms with Crippen LogP contribution in [-0.2, 0) is 0 Å². The highest BCUT2D eigenvalue weighted by molar-refractivity contribution is 6.33. The lowest BCUT2D eigenvalue weighted by atomic mass is 10.1. The highest BCUT2D eigenvalue weighted by atomic mass is 16.5. The Morgan fingerprint density at radius 2 is 1.45 bits per heavy atom. The molecule has 8 nitrogen and oxygen atoms in total. The number of fused-ring (bicyclic) bond motifs is 1. The van der Waals surface area contributed by atoms with Crippen molar-refractivity contribution in [3.05, 3.63) is 77.9 Å². The fraction of sp³-hybridized carbons (Fsp3) is 0.0952. The molecule has 29 heavy (non-hydrogen) atoms. The van der Waals surface area contributed by atoms with E-state index in [-0.39, 0.29) is 17.3 Å². The van der Waals surface area contributed by atoms with Gasteiger partial charge in [0, 0.05) is 30.7 Å². The Morgan fingerprint density at radius 1 is 0.897 bits per heavy atom. The minimum Gasteiger partial charge on any atom is -0.497 e. The summed E-state index contributed by atoms with van der Waals surface area (Å²) >= 11 is 0. The SMILES string of the molecule is COc1ccc(N(C)C(=O)c2ccc(N3C(=O)c4nccnc4C3=O)cc2)cc1. The summed E-state index contributed by atoms with van der Waals surface area (Å²) in [6, 6.07) is 13.4. The van der Waals surface area contributed by atoms with E-state index in [1.165, 1.54) is 17.3 Å². The van der Waals surface area contributed by atoms with Gasteiger partial charge in [-0.2, -0.15) is 0 Å². The summed E-state index contributed by atoms with van der Waals surface area (Å²) in [7, 11) is 3.24. The maximum Gasteiger partial charge on any atom is 0.286 e. The number of methoxy groups -OCH3 is 1. The van der Waals surface area contributed by atoms with Crippen LogP contribution in [0.15, 0.2) is 60.9 Å². The van der Waals surface area contributed by atoms with Crippen molar-refractivity contribution in [3.8, 4) is 5.75 Å². The molecular formula is C21H16N4O4. The van der Waals surface area contributed by atoms with Gasteiger partial charge in [0.05, 0.1) is 12.8 Å². The van der Waals surface area contributed by atoms with Crippen LogP contribution in [0.2, 0.25) is 0 Å². The second-order valence-electron chi connectivity index (χ2n) is 6.31. The molecule has 8 heteroatoms. The maximum absolute atomic E-state index is 12.8. The standard InChI is InChI=1S/C21H16N4O4/c1-24(14-7-9-16(29-2)10-8-14)19(26)13-3-5-15(6-4-13)25-20(27)17-18(21(25)28)23-12-11-22-17/h3-12H,1-2H3. The number of aromatic nitrogens is 2. The van der Waals surface area contributed by atoms with Gasteiger partial charge < -0.3 is 9.64 Å². The zero-order chi connectivity index (χ0) is 20.5. The van der Waals surface area contributed by atoms with E-state index < -0.39 is 11.8 Å². The highest BCUT2D eigenvalue weighted by Crippen LogP contribution is 2.27. The molecule has 0 unspecified atom stereocenters. The Morgan fingerprint density at radius 3 is 1.97 bits per heavy atom. The quantitative estimate of drug-likeness (QED) is 0.638. The van der Waals surface area contributed by atoms with Crippen molar-refractivity contribution < 1.29 is 19.1 Å². The van der Waals surface area contributed by atoms with Crippen molar-refractivity contribution in [1.82, 2.24) is 9.97 Å². The fourth-order valence-electron chi connectivity index (χ4n) is 3.06. The number of rotatable bonds is 4. The molecule has 0 fully saturated rings. The summed E-state index contributed by atoms with van der Waals surface area (Å²) in [5, 5.41) is 0. The normalized spacial score (nSPS) is 12.7. The van der Waals surface area contributed by atoms with E-state index in [1.54, 1.807) is 62.7 Å². The van der Waals surface area contributed by atoms with Gasteiger partial charge in [0.1, 0.15) is 5.75 Å². The van der Waals surface area contributed by atoms with Gasteiger partial charge in [-0.1, -0.05) is 0 Å². The Kier molecular flexibility index (Phi) is 4.52. The molecule has 3 aromatic rings. The topological polar surface area (TPSA) is 92.7 Å². The Bertz CT molecular complexity index is 1080. The van der Waals surface area contributed by atoms with Gasteiger partial charge in [-0.25, -0.2) is 14.9 Å². The lowest BCUT2D eigenvalue weighted by Gasteiger charge is -2.18. The summed E-state index contributed by atoms with van der Waals surface area (Å²) < 4.78 is 5.12. The summed E-state index contributed by atoms with van der Waals surface area (Å²) in [5.41, 5.74) is 1.52. The third-order valence-corrected chi connectivity index (χ3v) is 4.65. The fourth-order valence-corrected chi connectivity index (χ4v) is 3.06. The molecule has 3 amide bonds. The lowest BCUT2D eigenvalue weighted by Crippen LogP contribution is -2.30. The molecule has 2 heterocycles. The average Bonchev–Trinajstić information content (AvgIpc) is 3.03. The number of hydrogen-bond acceptors (Lipinski definition) is 6. The summed E-state index contributed by atoms with van der Waals surface area (Å²) in [5.74, 6) is -0.601. The second kappa shape index (κ2) is 7.16. The van der Waals surface area contributed by atoms with E-state index >= 15 is 0 Å². The van der Waals surface area contributed by atoms with Gasteiger partial charge in [0.25, 0.3) is 17.7 Å². The summed E-state index contributed by atoms with van der Waals surface area (Å²) in [6.07, 6.45) is 2.73. The molecule has 0 aliphatic carbocycles. The molecule has 0 bridgehead atoms. The van der Waals surface area contributed by atoms with Gasteiger partial charge in [-0.3, -0.25) is 14.4 Å². The molecule has 0 atom stereocenters. The van der Waals surface area contributed by atoms with E-state index in [0.717, 1.165) is 4.90 Å². The Labute approximate surface area is 166 Å². The van der Waals surface area contributed by atoms with E-state index in [9.17, 15) is 14.4 Å². The third-order valence-electron chi connectivity index (χ3n) is 4.65. The first-order chi connectivity index (χ1) is 14.0. The van der Waals surface area contributed by atoms with Crippen LogP contribution in [-0.4, -0.2) is 41.8 Å². The van der Waals surface area contributed by atoms with E-state index in [1.807, 2.05) is 0 Å². The van der Waals surface area contributed by atoms with E-state index in [2.05, 4.69) is 9.97 Å².